The molecule has 0 N–H and O–H groups in total. The first-order valence-electron chi connectivity index (χ1n) is 9.09. The Morgan fingerprint density at radius 1 is 0.935 bits per heavy atom. The molecule has 31 heavy (non-hydrogen) atoms. The molecule has 160 valence electrons. The van der Waals surface area contributed by atoms with Gasteiger partial charge in [-0.15, -0.1) is 5.10 Å². The molecule has 3 aromatic carbocycles. The monoisotopic (exact) mass is 475 g/mol. The van der Waals surface area contributed by atoms with Crippen molar-refractivity contribution in [3.63, 3.8) is 0 Å². The fourth-order valence-corrected chi connectivity index (χ4v) is 5.09. The predicted molar refractivity (Wildman–Crippen MR) is 122 cm³/mol. The molecule has 0 unspecified atom stereocenters. The van der Waals surface area contributed by atoms with E-state index < -0.39 is 14.0 Å². The molecule has 0 spiro atoms. The molecule has 0 aliphatic carbocycles. The van der Waals surface area contributed by atoms with Crippen LogP contribution in [0.5, 0.6) is 0 Å². The molecular formula is C22H20N5NiO2P. The maximum absolute atomic E-state index is 11.4. The van der Waals surface area contributed by atoms with Gasteiger partial charge >= 0.3 is 16.5 Å². The van der Waals surface area contributed by atoms with Crippen molar-refractivity contribution in [2.45, 2.75) is 6.92 Å². The van der Waals surface area contributed by atoms with Gasteiger partial charge in [-0.05, 0) is 30.4 Å². The van der Waals surface area contributed by atoms with Crippen LogP contribution in [0.4, 0.5) is 0 Å². The van der Waals surface area contributed by atoms with E-state index in [1.54, 1.807) is 13.1 Å². The van der Waals surface area contributed by atoms with Gasteiger partial charge < -0.3 is 20.9 Å². The largest absolute Gasteiger partial charge is 2.00 e. The van der Waals surface area contributed by atoms with Gasteiger partial charge in [-0.3, -0.25) is 4.91 Å². The summed E-state index contributed by atoms with van der Waals surface area (Å²) in [5.74, 6) is 0. The zero-order valence-electron chi connectivity index (χ0n) is 16.7. The number of hydrogen-bond acceptors (Lipinski definition) is 4. The van der Waals surface area contributed by atoms with Crippen molar-refractivity contribution in [3.8, 4) is 0 Å². The third kappa shape index (κ3) is 8.23. The fraction of sp³-hybridized carbons (Fsp3) is 0.0909. The van der Waals surface area contributed by atoms with Gasteiger partial charge in [0.05, 0.1) is 6.21 Å². The van der Waals surface area contributed by atoms with Gasteiger partial charge in [0.25, 0.3) is 0 Å². The summed E-state index contributed by atoms with van der Waals surface area (Å²) in [5.41, 5.74) is 14.4. The average Bonchev–Trinajstić information content (AvgIpc) is 2.77. The quantitative estimate of drug-likeness (QED) is 0.0794. The summed E-state index contributed by atoms with van der Waals surface area (Å²) < 4.78 is 4.78. The van der Waals surface area contributed by atoms with Crippen LogP contribution in [0.15, 0.2) is 95.1 Å². The minimum absolute atomic E-state index is 0. The van der Waals surface area contributed by atoms with E-state index in [2.05, 4.69) is 64.8 Å². The van der Waals surface area contributed by atoms with Crippen LogP contribution < -0.4 is 21.0 Å². The Labute approximate surface area is 192 Å². The maximum atomic E-state index is 11.4. The van der Waals surface area contributed by atoms with E-state index in [4.69, 9.17) is 15.8 Å². The van der Waals surface area contributed by atoms with Gasteiger partial charge in [-0.2, -0.15) is 5.10 Å². The zero-order chi connectivity index (χ0) is 21.6. The molecule has 0 radical (unpaired) electrons. The first-order chi connectivity index (χ1) is 14.7. The van der Waals surface area contributed by atoms with E-state index in [9.17, 15) is 5.11 Å². The second kappa shape index (κ2) is 14.8. The SMILES string of the molecule is CCO/C([O-])=N/N=C/c1ccccc1P(c1ccccc1)c1ccccc1.[N-]=[N+]=[N-].[Ni+2]. The van der Waals surface area contributed by atoms with Crippen molar-refractivity contribution in [1.82, 2.24) is 0 Å². The van der Waals surface area contributed by atoms with Gasteiger partial charge in [-0.1, -0.05) is 91.9 Å². The van der Waals surface area contributed by atoms with Crippen LogP contribution in [0.1, 0.15) is 12.5 Å². The van der Waals surface area contributed by atoms with Crippen molar-refractivity contribution < 1.29 is 26.3 Å². The van der Waals surface area contributed by atoms with E-state index in [0.29, 0.717) is 0 Å². The standard InChI is InChI=1S/C22H21N2O2P.N3.Ni/c1-2-26-22(25)24-23-17-18-11-9-10-16-21(18)27(19-12-5-3-6-13-19)20-14-7-4-8-15-20;1-3-2;/h3-17H,2H2,1H3,(H,24,25);;/q;-1;+2/p-1/b23-17+;;. The summed E-state index contributed by atoms with van der Waals surface area (Å²) >= 11 is 0. The van der Waals surface area contributed by atoms with E-state index in [1.165, 1.54) is 15.5 Å². The Balaban J connectivity index is 0.00000113. The van der Waals surface area contributed by atoms with Crippen LogP contribution in [0.2, 0.25) is 0 Å². The Bertz CT molecular complexity index is 971. The molecule has 0 heterocycles. The van der Waals surface area contributed by atoms with Crippen LogP contribution >= 0.6 is 7.92 Å². The number of hydrogen-bond donors (Lipinski definition) is 0. The molecule has 0 aromatic heterocycles. The van der Waals surface area contributed by atoms with Crippen LogP contribution in [-0.2, 0) is 21.2 Å². The van der Waals surface area contributed by atoms with Gasteiger partial charge in [0, 0.05) is 5.56 Å². The Morgan fingerprint density at radius 2 is 1.42 bits per heavy atom. The molecule has 3 aromatic rings. The molecule has 3 rings (SSSR count). The first-order valence-corrected chi connectivity index (χ1v) is 10.4. The molecule has 7 nitrogen and oxygen atoms in total. The molecule has 9 heteroatoms. The van der Waals surface area contributed by atoms with Crippen molar-refractivity contribution in [2.24, 2.45) is 10.2 Å². The molecular weight excluding hydrogens is 456 g/mol. The summed E-state index contributed by atoms with van der Waals surface area (Å²) in [7, 11) is -0.754. The van der Waals surface area contributed by atoms with Gasteiger partial charge in [0.15, 0.2) is 6.08 Å². The van der Waals surface area contributed by atoms with E-state index in [1.807, 2.05) is 30.3 Å². The number of nitrogens with zero attached hydrogens (tertiary/aromatic N) is 5. The first kappa shape index (κ1) is 25.9. The second-order valence-corrected chi connectivity index (χ2v) is 7.88. The molecule has 0 atom stereocenters. The Hall–Kier alpha value is -3.17. The topological polar surface area (TPSA) is 116 Å². The molecule has 0 saturated carbocycles. The van der Waals surface area contributed by atoms with Crippen molar-refractivity contribution in [1.29, 1.82) is 0 Å². The molecule has 0 aliphatic rings. The summed E-state index contributed by atoms with van der Waals surface area (Å²) in [4.78, 5) is 1.50. The third-order valence-corrected chi connectivity index (χ3v) is 6.33. The predicted octanol–water partition coefficient (Wildman–Crippen LogP) is 3.40. The van der Waals surface area contributed by atoms with Crippen LogP contribution in [0.25, 0.3) is 16.0 Å². The number of ether oxygens (including phenoxy) is 1. The fourth-order valence-electron chi connectivity index (χ4n) is 2.67. The summed E-state index contributed by atoms with van der Waals surface area (Å²) in [5, 5.41) is 22.6. The minimum Gasteiger partial charge on any atom is -0.599 e. The number of benzene rings is 3. The van der Waals surface area contributed by atoms with E-state index >= 15 is 0 Å². The molecule has 0 saturated heterocycles. The minimum atomic E-state index is -0.754. The van der Waals surface area contributed by atoms with Crippen LogP contribution in [0.3, 0.4) is 0 Å². The zero-order valence-corrected chi connectivity index (χ0v) is 18.6. The van der Waals surface area contributed by atoms with Gasteiger partial charge in [0.1, 0.15) is 0 Å². The maximum Gasteiger partial charge on any atom is 2.00 e. The second-order valence-electron chi connectivity index (χ2n) is 5.70. The number of rotatable bonds is 6. The average molecular weight is 476 g/mol. The normalized spacial score (nSPS) is 10.6. The van der Waals surface area contributed by atoms with Crippen molar-refractivity contribution in [2.75, 3.05) is 6.61 Å². The molecule has 0 amide bonds. The Kier molecular flexibility index (Phi) is 12.3. The summed E-state index contributed by atoms with van der Waals surface area (Å²) in [6.07, 6.45) is 0.938. The smallest absolute Gasteiger partial charge is 0.599 e. The van der Waals surface area contributed by atoms with Gasteiger partial charge in [-0.25, -0.2) is 0 Å². The van der Waals surface area contributed by atoms with Crippen LogP contribution in [0, 0.1) is 0 Å². The third-order valence-electron chi connectivity index (χ3n) is 3.81. The molecule has 0 fully saturated rings. The molecule has 0 bridgehead atoms. The Morgan fingerprint density at radius 3 is 1.94 bits per heavy atom. The van der Waals surface area contributed by atoms with Crippen LogP contribution in [-0.4, -0.2) is 18.9 Å². The van der Waals surface area contributed by atoms with Crippen molar-refractivity contribution >= 4 is 36.1 Å². The summed E-state index contributed by atoms with van der Waals surface area (Å²) in [6, 6.07) is 28.9. The van der Waals surface area contributed by atoms with E-state index in [-0.39, 0.29) is 23.1 Å². The van der Waals surface area contributed by atoms with E-state index in [0.717, 1.165) is 10.9 Å². The van der Waals surface area contributed by atoms with Gasteiger partial charge in [0.2, 0.25) is 0 Å². The summed E-state index contributed by atoms with van der Waals surface area (Å²) in [6.45, 7) is 2.02. The molecule has 0 aliphatic heterocycles. The van der Waals surface area contributed by atoms with Crippen molar-refractivity contribution in [3.05, 3.63) is 106 Å².